The lowest BCUT2D eigenvalue weighted by Crippen LogP contribution is -2.16. The van der Waals surface area contributed by atoms with Gasteiger partial charge in [-0.3, -0.25) is 4.98 Å². The number of nitrogens with zero attached hydrogens (tertiary/aromatic N) is 8. The first kappa shape index (κ1) is 23.3. The summed E-state index contributed by atoms with van der Waals surface area (Å²) in [6, 6.07) is 22.2. The first-order chi connectivity index (χ1) is 19.7. The second kappa shape index (κ2) is 9.25. The Balaban J connectivity index is 1.24. The van der Waals surface area contributed by atoms with Crippen LogP contribution in [0.1, 0.15) is 34.1 Å². The Kier molecular flexibility index (Phi) is 5.39. The van der Waals surface area contributed by atoms with Crippen molar-refractivity contribution in [1.82, 2.24) is 39.3 Å². The van der Waals surface area contributed by atoms with Gasteiger partial charge in [0, 0.05) is 12.4 Å². The van der Waals surface area contributed by atoms with Crippen LogP contribution in [0, 0.1) is 6.92 Å². The topological polar surface area (TPSA) is 95.9 Å². The summed E-state index contributed by atoms with van der Waals surface area (Å²) in [4.78, 5) is 18.8. The molecule has 194 valence electrons. The normalized spacial score (nSPS) is 14.3. The van der Waals surface area contributed by atoms with E-state index < -0.39 is 0 Å². The van der Waals surface area contributed by atoms with Gasteiger partial charge in [0.25, 0.3) is 0 Å². The van der Waals surface area contributed by atoms with Crippen molar-refractivity contribution in [3.63, 3.8) is 0 Å². The standard InChI is InChI=1S/C29H20N8OS2/c1-17-23-24(18-8-7-13-30-14-18)25-26-33-22(15-39-29-32-20-11-5-6-12-21(20)40-29)35-36(26)16-31-27(25)38-28(23)37(34-17)19-9-3-2-4-10-19/h2-14,16,24H,15H2,1H3/t24-/m1/s1. The molecule has 0 saturated carbocycles. The zero-order valence-corrected chi connectivity index (χ0v) is 22.8. The number of fused-ring (bicyclic) bond motifs is 5. The minimum Gasteiger partial charge on any atom is -0.420 e. The lowest BCUT2D eigenvalue weighted by atomic mass is 9.85. The van der Waals surface area contributed by atoms with Crippen LogP contribution >= 0.6 is 23.1 Å². The van der Waals surface area contributed by atoms with Crippen molar-refractivity contribution >= 4 is 39.0 Å². The van der Waals surface area contributed by atoms with E-state index in [4.69, 9.17) is 24.9 Å². The molecule has 0 unspecified atom stereocenters. The molecule has 11 heteroatoms. The molecule has 0 aliphatic carbocycles. The summed E-state index contributed by atoms with van der Waals surface area (Å²) in [5, 5.41) is 9.64. The number of benzene rings is 2. The molecule has 40 heavy (non-hydrogen) atoms. The second-order valence-electron chi connectivity index (χ2n) is 9.37. The Morgan fingerprint density at radius 3 is 2.67 bits per heavy atom. The molecule has 9 nitrogen and oxygen atoms in total. The zero-order chi connectivity index (χ0) is 26.6. The molecular formula is C29H20N8OS2. The summed E-state index contributed by atoms with van der Waals surface area (Å²) < 4.78 is 12.2. The van der Waals surface area contributed by atoms with Gasteiger partial charge in [0.15, 0.2) is 15.8 Å². The van der Waals surface area contributed by atoms with Gasteiger partial charge in [0.2, 0.25) is 11.8 Å². The van der Waals surface area contributed by atoms with E-state index in [1.165, 1.54) is 4.70 Å². The molecule has 0 fully saturated rings. The molecule has 7 aromatic rings. The fourth-order valence-corrected chi connectivity index (χ4v) is 7.06. The van der Waals surface area contributed by atoms with E-state index in [-0.39, 0.29) is 5.92 Å². The Morgan fingerprint density at radius 1 is 0.950 bits per heavy atom. The summed E-state index contributed by atoms with van der Waals surface area (Å²) in [5.41, 5.74) is 6.32. The van der Waals surface area contributed by atoms with Crippen molar-refractivity contribution in [2.24, 2.45) is 0 Å². The molecule has 0 amide bonds. The molecule has 1 aliphatic heterocycles. The Labute approximate surface area is 236 Å². The maximum atomic E-state index is 6.49. The summed E-state index contributed by atoms with van der Waals surface area (Å²) in [6.45, 7) is 2.01. The van der Waals surface area contributed by atoms with Crippen molar-refractivity contribution in [3.8, 4) is 17.4 Å². The third-order valence-corrected chi connectivity index (χ3v) is 9.06. The highest BCUT2D eigenvalue weighted by atomic mass is 32.2. The number of hydrogen-bond acceptors (Lipinski definition) is 9. The fourth-order valence-electron chi connectivity index (χ4n) is 5.15. The average Bonchev–Trinajstić information content (AvgIpc) is 3.70. The van der Waals surface area contributed by atoms with Gasteiger partial charge in [-0.05, 0) is 42.8 Å². The summed E-state index contributed by atoms with van der Waals surface area (Å²) in [7, 11) is 0. The second-order valence-corrected chi connectivity index (χ2v) is 11.6. The molecule has 0 saturated heterocycles. The van der Waals surface area contributed by atoms with E-state index in [0.29, 0.717) is 29.0 Å². The minimum absolute atomic E-state index is 0.227. The van der Waals surface area contributed by atoms with E-state index in [1.54, 1.807) is 40.1 Å². The van der Waals surface area contributed by atoms with Crippen LogP contribution in [-0.2, 0) is 5.75 Å². The van der Waals surface area contributed by atoms with Gasteiger partial charge in [0.1, 0.15) is 6.33 Å². The number of pyridine rings is 1. The first-order valence-electron chi connectivity index (χ1n) is 12.7. The molecular weight excluding hydrogens is 541 g/mol. The van der Waals surface area contributed by atoms with E-state index in [0.717, 1.165) is 37.9 Å². The summed E-state index contributed by atoms with van der Waals surface area (Å²) in [5.74, 6) is 2.20. The van der Waals surface area contributed by atoms with E-state index in [2.05, 4.69) is 22.1 Å². The number of thiazole rings is 1. The molecule has 0 spiro atoms. The highest BCUT2D eigenvalue weighted by Gasteiger charge is 2.38. The van der Waals surface area contributed by atoms with Gasteiger partial charge in [-0.25, -0.2) is 24.1 Å². The number of aromatic nitrogens is 8. The highest BCUT2D eigenvalue weighted by Crippen LogP contribution is 2.49. The maximum Gasteiger partial charge on any atom is 0.230 e. The number of aryl methyl sites for hydroxylation is 1. The highest BCUT2D eigenvalue weighted by molar-refractivity contribution is 8.00. The zero-order valence-electron chi connectivity index (χ0n) is 21.2. The van der Waals surface area contributed by atoms with Crippen molar-refractivity contribution in [3.05, 3.63) is 114 Å². The van der Waals surface area contributed by atoms with Gasteiger partial charge < -0.3 is 4.74 Å². The lowest BCUT2D eigenvalue weighted by molar-refractivity contribution is 0.402. The van der Waals surface area contributed by atoms with Gasteiger partial charge in [-0.1, -0.05) is 48.2 Å². The van der Waals surface area contributed by atoms with Crippen LogP contribution in [0.5, 0.6) is 11.8 Å². The Hall–Kier alpha value is -4.61. The molecule has 0 N–H and O–H groups in total. The van der Waals surface area contributed by atoms with Crippen LogP contribution in [0.15, 0.2) is 89.8 Å². The predicted molar refractivity (Wildman–Crippen MR) is 154 cm³/mol. The molecule has 1 atom stereocenters. The Bertz CT molecular complexity index is 1980. The quantitative estimate of drug-likeness (QED) is 0.230. The van der Waals surface area contributed by atoms with Gasteiger partial charge >= 0.3 is 0 Å². The van der Waals surface area contributed by atoms with Gasteiger partial charge in [-0.15, -0.1) is 16.4 Å². The van der Waals surface area contributed by atoms with E-state index in [1.807, 2.05) is 72.4 Å². The number of hydrogen-bond donors (Lipinski definition) is 0. The van der Waals surface area contributed by atoms with E-state index in [9.17, 15) is 0 Å². The molecule has 6 heterocycles. The molecule has 1 aliphatic rings. The fraction of sp³-hybridized carbons (Fsp3) is 0.103. The average molecular weight is 561 g/mol. The van der Waals surface area contributed by atoms with Gasteiger partial charge in [-0.2, -0.15) is 5.10 Å². The van der Waals surface area contributed by atoms with Crippen molar-refractivity contribution in [1.29, 1.82) is 0 Å². The molecule has 2 aromatic carbocycles. The number of para-hydroxylation sites is 2. The van der Waals surface area contributed by atoms with Crippen LogP contribution in [-0.4, -0.2) is 39.3 Å². The molecule has 5 aromatic heterocycles. The van der Waals surface area contributed by atoms with Crippen molar-refractivity contribution < 1.29 is 4.74 Å². The van der Waals surface area contributed by atoms with Crippen LogP contribution < -0.4 is 4.74 Å². The largest absolute Gasteiger partial charge is 0.420 e. The lowest BCUT2D eigenvalue weighted by Gasteiger charge is -2.26. The maximum absolute atomic E-state index is 6.49. The molecule has 0 bridgehead atoms. The molecule has 0 radical (unpaired) electrons. The monoisotopic (exact) mass is 560 g/mol. The van der Waals surface area contributed by atoms with Crippen LogP contribution in [0.2, 0.25) is 0 Å². The predicted octanol–water partition coefficient (Wildman–Crippen LogP) is 6.20. The van der Waals surface area contributed by atoms with Crippen molar-refractivity contribution in [2.45, 2.75) is 22.9 Å². The van der Waals surface area contributed by atoms with Gasteiger partial charge in [0.05, 0.1) is 44.4 Å². The molecule has 8 rings (SSSR count). The number of thioether (sulfide) groups is 1. The number of rotatable bonds is 5. The smallest absolute Gasteiger partial charge is 0.230 e. The summed E-state index contributed by atoms with van der Waals surface area (Å²) >= 11 is 3.31. The number of ether oxygens (including phenoxy) is 1. The Morgan fingerprint density at radius 2 is 1.82 bits per heavy atom. The van der Waals surface area contributed by atoms with E-state index >= 15 is 0 Å². The van der Waals surface area contributed by atoms with Crippen LogP contribution in [0.4, 0.5) is 0 Å². The SMILES string of the molecule is Cc1nn(-c2ccccc2)c2c1[C@@H](c1cccnc1)c1c(ncn3nc(CSc4nc5ccccc5s4)nc13)O2. The third kappa shape index (κ3) is 3.77. The first-order valence-corrected chi connectivity index (χ1v) is 14.5. The van der Waals surface area contributed by atoms with Crippen LogP contribution in [0.25, 0.3) is 21.6 Å². The minimum atomic E-state index is -0.227. The summed E-state index contributed by atoms with van der Waals surface area (Å²) in [6.07, 6.45) is 5.32. The van der Waals surface area contributed by atoms with Crippen molar-refractivity contribution in [2.75, 3.05) is 0 Å². The van der Waals surface area contributed by atoms with Crippen LogP contribution in [0.3, 0.4) is 0 Å². The third-order valence-electron chi connectivity index (χ3n) is 6.88.